The van der Waals surface area contributed by atoms with Crippen molar-refractivity contribution in [3.8, 4) is 0 Å². The predicted octanol–water partition coefficient (Wildman–Crippen LogP) is 4.00. The van der Waals surface area contributed by atoms with Crippen LogP contribution < -0.4 is 0 Å². The largest absolute Gasteiger partial charge is 0.381 e. The van der Waals surface area contributed by atoms with Crippen LogP contribution in [0, 0.1) is 11.8 Å². The van der Waals surface area contributed by atoms with E-state index in [9.17, 15) is 0 Å². The van der Waals surface area contributed by atoms with E-state index in [1.165, 1.54) is 51.4 Å². The van der Waals surface area contributed by atoms with Gasteiger partial charge in [-0.2, -0.15) is 0 Å². The zero-order chi connectivity index (χ0) is 11.2. The van der Waals surface area contributed by atoms with Crippen molar-refractivity contribution in [3.63, 3.8) is 0 Å². The summed E-state index contributed by atoms with van der Waals surface area (Å²) in [4.78, 5) is 0. The summed E-state index contributed by atoms with van der Waals surface area (Å²) in [5, 5.41) is 0. The third-order valence-corrected chi connectivity index (χ3v) is 5.49. The normalized spacial score (nSPS) is 33.2. The number of hydrogen-bond donors (Lipinski definition) is 0. The summed E-state index contributed by atoms with van der Waals surface area (Å²) in [5.74, 6) is 1.84. The maximum absolute atomic E-state index is 5.82. The zero-order valence-corrected chi connectivity index (χ0v) is 10.6. The van der Waals surface area contributed by atoms with E-state index in [-0.39, 0.29) is 0 Å². The average Bonchev–Trinajstić information content (AvgIpc) is 2.28. The lowest BCUT2D eigenvalue weighted by Crippen LogP contribution is -2.28. The van der Waals surface area contributed by atoms with Gasteiger partial charge >= 0.3 is 0 Å². The molecule has 2 atom stereocenters. The molecule has 0 aliphatic heterocycles. The summed E-state index contributed by atoms with van der Waals surface area (Å²) in [6.07, 6.45) is 11.0. The number of rotatable bonds is 6. The van der Waals surface area contributed by atoms with Crippen LogP contribution in [0.25, 0.3) is 0 Å². The SMILES string of the molecule is C(CC1CC2=C1CC2)OCCC1CC2=C1CC2. The monoisotopic (exact) mass is 230 g/mol. The van der Waals surface area contributed by atoms with Gasteiger partial charge in [-0.25, -0.2) is 0 Å². The molecule has 0 radical (unpaired) electrons. The molecule has 0 saturated heterocycles. The molecule has 4 aliphatic rings. The van der Waals surface area contributed by atoms with Gasteiger partial charge in [0.2, 0.25) is 0 Å². The summed E-state index contributed by atoms with van der Waals surface area (Å²) in [6, 6.07) is 0. The first-order valence-electron chi connectivity index (χ1n) is 7.41. The standard InChI is InChI=1S/C16H22O/c1-3-15-11(1)9-13(15)5-7-17-8-6-14-10-12-2-4-16(12)14/h13-14H,1-10H2. The first kappa shape index (κ1) is 10.4. The molecule has 0 fully saturated rings. The van der Waals surface area contributed by atoms with E-state index in [0.717, 1.165) is 25.0 Å². The highest BCUT2D eigenvalue weighted by Gasteiger charge is 2.35. The Balaban J connectivity index is 1.10. The molecule has 0 heterocycles. The minimum absolute atomic E-state index is 0.920. The Morgan fingerprint density at radius 1 is 0.765 bits per heavy atom. The van der Waals surface area contributed by atoms with Crippen molar-refractivity contribution in [1.82, 2.24) is 0 Å². The lowest BCUT2D eigenvalue weighted by atomic mass is 9.64. The van der Waals surface area contributed by atoms with Crippen LogP contribution in [0.5, 0.6) is 0 Å². The lowest BCUT2D eigenvalue weighted by molar-refractivity contribution is 0.105. The molecule has 0 spiro atoms. The second-order valence-corrected chi connectivity index (χ2v) is 6.25. The Bertz CT molecular complexity index is 364. The Morgan fingerprint density at radius 3 is 1.59 bits per heavy atom. The first-order chi connectivity index (χ1) is 8.42. The Kier molecular flexibility index (Phi) is 2.43. The van der Waals surface area contributed by atoms with Crippen molar-refractivity contribution in [1.29, 1.82) is 0 Å². The van der Waals surface area contributed by atoms with E-state index in [2.05, 4.69) is 0 Å². The van der Waals surface area contributed by atoms with Gasteiger partial charge in [0.25, 0.3) is 0 Å². The van der Waals surface area contributed by atoms with Gasteiger partial charge < -0.3 is 4.74 Å². The molecular formula is C16H22O. The minimum atomic E-state index is 0.920. The van der Waals surface area contributed by atoms with Gasteiger partial charge in [-0.3, -0.25) is 0 Å². The van der Waals surface area contributed by atoms with Crippen molar-refractivity contribution in [2.24, 2.45) is 11.8 Å². The fourth-order valence-electron chi connectivity index (χ4n) is 4.03. The van der Waals surface area contributed by atoms with E-state index in [1.54, 1.807) is 22.3 Å². The molecule has 1 nitrogen and oxygen atoms in total. The van der Waals surface area contributed by atoms with Crippen molar-refractivity contribution < 1.29 is 4.74 Å². The second kappa shape index (κ2) is 3.98. The molecule has 92 valence electrons. The molecule has 0 aromatic heterocycles. The third kappa shape index (κ3) is 1.62. The average molecular weight is 230 g/mol. The first-order valence-corrected chi connectivity index (χ1v) is 7.41. The van der Waals surface area contributed by atoms with Crippen molar-refractivity contribution in [2.75, 3.05) is 13.2 Å². The Labute approximate surface area is 104 Å². The Hall–Kier alpha value is -0.560. The van der Waals surface area contributed by atoms with Gasteiger partial charge in [0.15, 0.2) is 0 Å². The summed E-state index contributed by atoms with van der Waals surface area (Å²) in [6.45, 7) is 2.00. The minimum Gasteiger partial charge on any atom is -0.381 e. The molecule has 0 N–H and O–H groups in total. The van der Waals surface area contributed by atoms with E-state index in [1.807, 2.05) is 0 Å². The van der Waals surface area contributed by atoms with Crippen LogP contribution in [0.3, 0.4) is 0 Å². The van der Waals surface area contributed by atoms with Gasteiger partial charge in [-0.15, -0.1) is 0 Å². The number of allylic oxidation sites excluding steroid dienone is 4. The molecule has 0 saturated carbocycles. The molecular weight excluding hydrogens is 208 g/mol. The fourth-order valence-corrected chi connectivity index (χ4v) is 4.03. The maximum atomic E-state index is 5.82. The number of ether oxygens (including phenoxy) is 1. The van der Waals surface area contributed by atoms with Crippen LogP contribution in [0.4, 0.5) is 0 Å². The highest BCUT2D eigenvalue weighted by molar-refractivity contribution is 5.37. The molecule has 17 heavy (non-hydrogen) atoms. The highest BCUT2D eigenvalue weighted by Crippen LogP contribution is 2.50. The van der Waals surface area contributed by atoms with Crippen LogP contribution in [0.15, 0.2) is 22.3 Å². The molecule has 0 aromatic rings. The third-order valence-electron chi connectivity index (χ3n) is 5.49. The van der Waals surface area contributed by atoms with Crippen LogP contribution in [-0.2, 0) is 4.74 Å². The van der Waals surface area contributed by atoms with Crippen molar-refractivity contribution >= 4 is 0 Å². The zero-order valence-electron chi connectivity index (χ0n) is 10.6. The summed E-state index contributed by atoms with van der Waals surface area (Å²) in [5.41, 5.74) is 7.18. The van der Waals surface area contributed by atoms with E-state index in [0.29, 0.717) is 0 Å². The van der Waals surface area contributed by atoms with Crippen LogP contribution in [-0.4, -0.2) is 13.2 Å². The van der Waals surface area contributed by atoms with Crippen molar-refractivity contribution in [2.45, 2.75) is 51.4 Å². The summed E-state index contributed by atoms with van der Waals surface area (Å²) >= 11 is 0. The lowest BCUT2D eigenvalue weighted by Gasteiger charge is -2.42. The highest BCUT2D eigenvalue weighted by atomic mass is 16.5. The quantitative estimate of drug-likeness (QED) is 0.495. The summed E-state index contributed by atoms with van der Waals surface area (Å²) in [7, 11) is 0. The van der Waals surface area contributed by atoms with E-state index >= 15 is 0 Å². The number of hydrogen-bond acceptors (Lipinski definition) is 1. The van der Waals surface area contributed by atoms with Gasteiger partial charge in [0.05, 0.1) is 0 Å². The smallest absolute Gasteiger partial charge is 0.0471 e. The van der Waals surface area contributed by atoms with Gasteiger partial charge in [-0.05, 0) is 63.2 Å². The molecule has 4 rings (SSSR count). The predicted molar refractivity (Wildman–Crippen MR) is 68.8 cm³/mol. The molecule has 1 heteroatoms. The van der Waals surface area contributed by atoms with Gasteiger partial charge in [0.1, 0.15) is 0 Å². The second-order valence-electron chi connectivity index (χ2n) is 6.25. The van der Waals surface area contributed by atoms with Crippen LogP contribution >= 0.6 is 0 Å². The molecule has 4 aliphatic carbocycles. The molecule has 0 aromatic carbocycles. The molecule has 0 bridgehead atoms. The van der Waals surface area contributed by atoms with Crippen LogP contribution in [0.1, 0.15) is 51.4 Å². The van der Waals surface area contributed by atoms with E-state index < -0.39 is 0 Å². The van der Waals surface area contributed by atoms with Gasteiger partial charge in [-0.1, -0.05) is 22.3 Å². The molecule has 0 amide bonds. The summed E-state index contributed by atoms with van der Waals surface area (Å²) < 4.78 is 5.82. The van der Waals surface area contributed by atoms with Crippen molar-refractivity contribution in [3.05, 3.63) is 22.3 Å². The van der Waals surface area contributed by atoms with Gasteiger partial charge in [0, 0.05) is 13.2 Å². The fraction of sp³-hybridized carbons (Fsp3) is 0.750. The topological polar surface area (TPSA) is 9.23 Å². The Morgan fingerprint density at radius 2 is 1.29 bits per heavy atom. The van der Waals surface area contributed by atoms with Crippen LogP contribution in [0.2, 0.25) is 0 Å². The molecule has 2 unspecified atom stereocenters. The van der Waals surface area contributed by atoms with E-state index in [4.69, 9.17) is 4.74 Å². The maximum Gasteiger partial charge on any atom is 0.0471 e.